The summed E-state index contributed by atoms with van der Waals surface area (Å²) in [4.78, 5) is 18.7. The molecule has 4 nitrogen and oxygen atoms in total. The first-order chi connectivity index (χ1) is 7.02. The molecule has 1 N–H and O–H groups in total. The highest BCUT2D eigenvalue weighted by atomic mass is 32.2. The Morgan fingerprint density at radius 3 is 2.47 bits per heavy atom. The quantitative estimate of drug-likeness (QED) is 0.798. The zero-order valence-electron chi connectivity index (χ0n) is 8.97. The molecule has 82 valence electrons. The summed E-state index contributed by atoms with van der Waals surface area (Å²) in [6.07, 6.45) is 2.91. The Morgan fingerprint density at radius 1 is 1.33 bits per heavy atom. The van der Waals surface area contributed by atoms with Crippen LogP contribution >= 0.6 is 11.8 Å². The molecule has 0 aliphatic heterocycles. The molecular formula is C10H14N2O2S. The first kappa shape index (κ1) is 12.0. The van der Waals surface area contributed by atoms with E-state index in [9.17, 15) is 4.79 Å². The Morgan fingerprint density at radius 2 is 1.93 bits per heavy atom. The molecule has 1 rings (SSSR count). The third-order valence-corrected chi connectivity index (χ3v) is 3.54. The summed E-state index contributed by atoms with van der Waals surface area (Å²) in [5, 5.41) is 9.71. The first-order valence-electron chi connectivity index (χ1n) is 4.73. The molecule has 1 unspecified atom stereocenters. The monoisotopic (exact) mass is 226 g/mol. The van der Waals surface area contributed by atoms with Crippen molar-refractivity contribution in [3.63, 3.8) is 0 Å². The molecule has 0 fully saturated rings. The molecule has 0 radical (unpaired) electrons. The molecule has 0 bridgehead atoms. The van der Waals surface area contributed by atoms with Crippen molar-refractivity contribution in [2.45, 2.75) is 31.0 Å². The van der Waals surface area contributed by atoms with E-state index in [1.165, 1.54) is 24.2 Å². The standard InChI is InChI=1S/C10H14N2O2S/c1-6(2)7(3)15-9-8(10(13)14)11-4-5-12-9/h4-7H,1-3H3,(H,13,14). The van der Waals surface area contributed by atoms with E-state index in [-0.39, 0.29) is 5.69 Å². The second-order valence-corrected chi connectivity index (χ2v) is 4.95. The van der Waals surface area contributed by atoms with Gasteiger partial charge in [0.25, 0.3) is 0 Å². The van der Waals surface area contributed by atoms with Crippen LogP contribution in [0.2, 0.25) is 0 Å². The van der Waals surface area contributed by atoms with Gasteiger partial charge in [-0.25, -0.2) is 14.8 Å². The minimum absolute atomic E-state index is 0.0370. The molecule has 0 spiro atoms. The van der Waals surface area contributed by atoms with E-state index in [4.69, 9.17) is 5.11 Å². The summed E-state index contributed by atoms with van der Waals surface area (Å²) in [7, 11) is 0. The van der Waals surface area contributed by atoms with Gasteiger partial charge in [0.1, 0.15) is 5.03 Å². The predicted molar refractivity (Wildman–Crippen MR) is 59.1 cm³/mol. The maximum Gasteiger partial charge on any atom is 0.357 e. The number of hydrogen-bond acceptors (Lipinski definition) is 4. The second-order valence-electron chi connectivity index (χ2n) is 3.58. The summed E-state index contributed by atoms with van der Waals surface area (Å²) in [5.74, 6) is -0.555. The van der Waals surface area contributed by atoms with Gasteiger partial charge in [-0.1, -0.05) is 20.8 Å². The highest BCUT2D eigenvalue weighted by Gasteiger charge is 2.17. The third kappa shape index (κ3) is 3.20. The van der Waals surface area contributed by atoms with Crippen molar-refractivity contribution >= 4 is 17.7 Å². The summed E-state index contributed by atoms with van der Waals surface area (Å²) < 4.78 is 0. The molecule has 0 aliphatic carbocycles. The van der Waals surface area contributed by atoms with Crippen molar-refractivity contribution in [2.24, 2.45) is 5.92 Å². The van der Waals surface area contributed by atoms with Crippen LogP contribution in [-0.4, -0.2) is 26.3 Å². The number of thioether (sulfide) groups is 1. The first-order valence-corrected chi connectivity index (χ1v) is 5.61. The lowest BCUT2D eigenvalue weighted by Crippen LogP contribution is -2.09. The van der Waals surface area contributed by atoms with Gasteiger partial charge in [-0.3, -0.25) is 0 Å². The molecule has 0 aliphatic rings. The highest BCUT2D eigenvalue weighted by molar-refractivity contribution is 7.99. The largest absolute Gasteiger partial charge is 0.476 e. The van der Waals surface area contributed by atoms with Crippen LogP contribution in [0.25, 0.3) is 0 Å². The zero-order valence-corrected chi connectivity index (χ0v) is 9.78. The van der Waals surface area contributed by atoms with Crippen molar-refractivity contribution in [2.75, 3.05) is 0 Å². The van der Waals surface area contributed by atoms with Gasteiger partial charge in [0, 0.05) is 17.6 Å². The van der Waals surface area contributed by atoms with E-state index in [2.05, 4.69) is 30.7 Å². The molecule has 0 aromatic carbocycles. The fraction of sp³-hybridized carbons (Fsp3) is 0.500. The molecule has 0 saturated heterocycles. The predicted octanol–water partition coefficient (Wildman–Crippen LogP) is 2.31. The molecule has 0 saturated carbocycles. The van der Waals surface area contributed by atoms with Crippen LogP contribution in [0.5, 0.6) is 0 Å². The Bertz CT molecular complexity index is 355. The smallest absolute Gasteiger partial charge is 0.357 e. The van der Waals surface area contributed by atoms with Crippen LogP contribution in [0, 0.1) is 5.92 Å². The van der Waals surface area contributed by atoms with E-state index >= 15 is 0 Å². The summed E-state index contributed by atoms with van der Waals surface area (Å²) >= 11 is 1.45. The van der Waals surface area contributed by atoms with Gasteiger partial charge in [-0.15, -0.1) is 11.8 Å². The van der Waals surface area contributed by atoms with E-state index in [1.54, 1.807) is 0 Å². The van der Waals surface area contributed by atoms with E-state index < -0.39 is 5.97 Å². The van der Waals surface area contributed by atoms with E-state index in [0.29, 0.717) is 16.2 Å². The molecule has 1 heterocycles. The Kier molecular flexibility index (Phi) is 4.08. The SMILES string of the molecule is CC(C)C(C)Sc1nccnc1C(=O)O. The van der Waals surface area contributed by atoms with E-state index in [1.807, 2.05) is 0 Å². The number of aromatic nitrogens is 2. The number of carboxylic acid groups (broad SMARTS) is 1. The molecule has 5 heteroatoms. The van der Waals surface area contributed by atoms with Gasteiger partial charge in [0.2, 0.25) is 0 Å². The number of nitrogens with zero attached hydrogens (tertiary/aromatic N) is 2. The number of carbonyl (C=O) groups is 1. The van der Waals surface area contributed by atoms with E-state index in [0.717, 1.165) is 0 Å². The average Bonchev–Trinajstić information content (AvgIpc) is 2.18. The van der Waals surface area contributed by atoms with Gasteiger partial charge in [-0.2, -0.15) is 0 Å². The molecule has 1 aromatic heterocycles. The van der Waals surface area contributed by atoms with Crippen LogP contribution in [0.3, 0.4) is 0 Å². The molecule has 15 heavy (non-hydrogen) atoms. The molecular weight excluding hydrogens is 212 g/mol. The van der Waals surface area contributed by atoms with Gasteiger partial charge in [0.15, 0.2) is 5.69 Å². The summed E-state index contributed by atoms with van der Waals surface area (Å²) in [6, 6.07) is 0. The van der Waals surface area contributed by atoms with Gasteiger partial charge in [0.05, 0.1) is 0 Å². The van der Waals surface area contributed by atoms with Crippen molar-refractivity contribution < 1.29 is 9.90 Å². The molecule has 1 atom stereocenters. The minimum atomic E-state index is -1.03. The Balaban J connectivity index is 2.89. The minimum Gasteiger partial charge on any atom is -0.476 e. The number of aromatic carboxylic acids is 1. The van der Waals surface area contributed by atoms with Gasteiger partial charge in [-0.05, 0) is 5.92 Å². The van der Waals surface area contributed by atoms with Crippen LogP contribution in [0.4, 0.5) is 0 Å². The molecule has 0 amide bonds. The van der Waals surface area contributed by atoms with Gasteiger partial charge >= 0.3 is 5.97 Å². The van der Waals surface area contributed by atoms with Crippen LogP contribution in [0.1, 0.15) is 31.3 Å². The van der Waals surface area contributed by atoms with Crippen LogP contribution in [0.15, 0.2) is 17.4 Å². The fourth-order valence-electron chi connectivity index (χ4n) is 0.870. The fourth-order valence-corrected chi connectivity index (χ4v) is 1.87. The number of carboxylic acids is 1. The van der Waals surface area contributed by atoms with Crippen molar-refractivity contribution in [1.82, 2.24) is 9.97 Å². The zero-order chi connectivity index (χ0) is 11.4. The lowest BCUT2D eigenvalue weighted by molar-refractivity contribution is 0.0685. The van der Waals surface area contributed by atoms with Crippen LogP contribution in [-0.2, 0) is 0 Å². The lowest BCUT2D eigenvalue weighted by atomic mass is 10.2. The maximum atomic E-state index is 10.9. The summed E-state index contributed by atoms with van der Waals surface area (Å²) in [5.41, 5.74) is 0.0370. The van der Waals surface area contributed by atoms with Gasteiger partial charge < -0.3 is 5.11 Å². The Hall–Kier alpha value is -1.10. The second kappa shape index (κ2) is 5.11. The number of hydrogen-bond donors (Lipinski definition) is 1. The highest BCUT2D eigenvalue weighted by Crippen LogP contribution is 2.27. The third-order valence-electron chi connectivity index (χ3n) is 2.10. The maximum absolute atomic E-state index is 10.9. The van der Waals surface area contributed by atoms with Crippen molar-refractivity contribution in [3.8, 4) is 0 Å². The van der Waals surface area contributed by atoms with Crippen molar-refractivity contribution in [1.29, 1.82) is 0 Å². The number of rotatable bonds is 4. The molecule has 1 aromatic rings. The van der Waals surface area contributed by atoms with Crippen molar-refractivity contribution in [3.05, 3.63) is 18.1 Å². The summed E-state index contributed by atoms with van der Waals surface area (Å²) in [6.45, 7) is 6.23. The normalized spacial score (nSPS) is 12.8. The Labute approximate surface area is 93.1 Å². The lowest BCUT2D eigenvalue weighted by Gasteiger charge is -2.14. The topological polar surface area (TPSA) is 63.1 Å². The average molecular weight is 226 g/mol. The van der Waals surface area contributed by atoms with Crippen LogP contribution < -0.4 is 0 Å².